The fraction of sp³-hybridized carbons (Fsp3) is 0.455. The third kappa shape index (κ3) is 4.62. The number of rotatable bonds is 6. The van der Waals surface area contributed by atoms with Gasteiger partial charge in [0, 0.05) is 19.8 Å². The van der Waals surface area contributed by atoms with E-state index in [0.717, 1.165) is 23.9 Å². The molecule has 0 aliphatic rings. The second-order valence-electron chi connectivity index (χ2n) is 3.12. The molecule has 0 heterocycles. The van der Waals surface area contributed by atoms with E-state index in [1.165, 1.54) is 12.1 Å². The first-order valence-corrected chi connectivity index (χ1v) is 5.60. The first-order valence-electron chi connectivity index (χ1n) is 4.81. The van der Waals surface area contributed by atoms with Crippen LogP contribution in [0.4, 0.5) is 4.39 Å². The van der Waals surface area contributed by atoms with Gasteiger partial charge in [-0.15, -0.1) is 0 Å². The summed E-state index contributed by atoms with van der Waals surface area (Å²) in [6, 6.07) is 4.40. The Morgan fingerprint density at radius 1 is 1.27 bits per heavy atom. The van der Waals surface area contributed by atoms with E-state index in [4.69, 9.17) is 9.47 Å². The minimum absolute atomic E-state index is 0.287. The van der Waals surface area contributed by atoms with Crippen LogP contribution >= 0.6 is 15.9 Å². The molecular formula is C11H14BrFO2. The quantitative estimate of drug-likeness (QED) is 0.742. The zero-order valence-electron chi connectivity index (χ0n) is 8.63. The number of ether oxygens (including phenoxy) is 2. The van der Waals surface area contributed by atoms with E-state index in [1.54, 1.807) is 13.2 Å². The summed E-state index contributed by atoms with van der Waals surface area (Å²) in [4.78, 5) is 0. The standard InChI is InChI=1S/C11H14BrFO2/c1-14-6-2-3-7-15-11-8-9(13)4-5-10(11)12/h4-5,8H,2-3,6-7H2,1H3. The van der Waals surface area contributed by atoms with Crippen LogP contribution in [0.15, 0.2) is 22.7 Å². The third-order valence-corrected chi connectivity index (χ3v) is 2.55. The monoisotopic (exact) mass is 276 g/mol. The maximum Gasteiger partial charge on any atom is 0.136 e. The summed E-state index contributed by atoms with van der Waals surface area (Å²) in [6.45, 7) is 1.30. The predicted octanol–water partition coefficient (Wildman–Crippen LogP) is 3.39. The lowest BCUT2D eigenvalue weighted by Gasteiger charge is -2.07. The maximum absolute atomic E-state index is 12.9. The second-order valence-corrected chi connectivity index (χ2v) is 3.98. The van der Waals surface area contributed by atoms with E-state index in [1.807, 2.05) is 0 Å². The van der Waals surface area contributed by atoms with E-state index in [-0.39, 0.29) is 5.82 Å². The molecule has 0 amide bonds. The highest BCUT2D eigenvalue weighted by molar-refractivity contribution is 9.10. The van der Waals surface area contributed by atoms with Crippen molar-refractivity contribution in [2.45, 2.75) is 12.8 Å². The fourth-order valence-corrected chi connectivity index (χ4v) is 1.48. The molecule has 0 bridgehead atoms. The zero-order valence-corrected chi connectivity index (χ0v) is 10.2. The molecule has 0 aromatic heterocycles. The summed E-state index contributed by atoms with van der Waals surface area (Å²) < 4.78 is 24.0. The highest BCUT2D eigenvalue weighted by Gasteiger charge is 2.02. The van der Waals surface area contributed by atoms with Crippen LogP contribution in [-0.2, 0) is 4.74 Å². The zero-order chi connectivity index (χ0) is 11.1. The van der Waals surface area contributed by atoms with Crippen LogP contribution in [0, 0.1) is 5.82 Å². The molecule has 1 aromatic carbocycles. The van der Waals surface area contributed by atoms with Crippen LogP contribution < -0.4 is 4.74 Å². The van der Waals surface area contributed by atoms with Gasteiger partial charge < -0.3 is 9.47 Å². The van der Waals surface area contributed by atoms with Gasteiger partial charge in [0.2, 0.25) is 0 Å². The largest absolute Gasteiger partial charge is 0.492 e. The van der Waals surface area contributed by atoms with Crippen LogP contribution in [-0.4, -0.2) is 20.3 Å². The lowest BCUT2D eigenvalue weighted by molar-refractivity contribution is 0.184. The van der Waals surface area contributed by atoms with Crippen molar-refractivity contribution in [3.8, 4) is 5.75 Å². The number of hydrogen-bond acceptors (Lipinski definition) is 2. The minimum atomic E-state index is -0.287. The smallest absolute Gasteiger partial charge is 0.136 e. The van der Waals surface area contributed by atoms with Gasteiger partial charge >= 0.3 is 0 Å². The van der Waals surface area contributed by atoms with Gasteiger partial charge in [0.1, 0.15) is 11.6 Å². The van der Waals surface area contributed by atoms with Gasteiger partial charge in [-0.25, -0.2) is 4.39 Å². The summed E-state index contributed by atoms with van der Waals surface area (Å²) in [6.07, 6.45) is 1.85. The van der Waals surface area contributed by atoms with Crippen LogP contribution in [0.5, 0.6) is 5.75 Å². The number of halogens is 2. The van der Waals surface area contributed by atoms with Crippen molar-refractivity contribution in [1.29, 1.82) is 0 Å². The van der Waals surface area contributed by atoms with Crippen molar-refractivity contribution in [1.82, 2.24) is 0 Å². The molecule has 0 saturated heterocycles. The van der Waals surface area contributed by atoms with Crippen LogP contribution in [0.1, 0.15) is 12.8 Å². The van der Waals surface area contributed by atoms with Crippen molar-refractivity contribution in [3.63, 3.8) is 0 Å². The number of unbranched alkanes of at least 4 members (excludes halogenated alkanes) is 1. The van der Waals surface area contributed by atoms with E-state index >= 15 is 0 Å². The number of methoxy groups -OCH3 is 1. The molecule has 0 aliphatic carbocycles. The first-order chi connectivity index (χ1) is 7.24. The van der Waals surface area contributed by atoms with E-state index in [9.17, 15) is 4.39 Å². The Kier molecular flexibility index (Phi) is 5.65. The molecule has 15 heavy (non-hydrogen) atoms. The Labute approximate surface area is 97.5 Å². The summed E-state index contributed by atoms with van der Waals surface area (Å²) in [7, 11) is 1.67. The Hall–Kier alpha value is -0.610. The molecule has 1 rings (SSSR count). The third-order valence-electron chi connectivity index (χ3n) is 1.89. The minimum Gasteiger partial charge on any atom is -0.492 e. The Balaban J connectivity index is 2.33. The molecule has 0 fully saturated rings. The lowest BCUT2D eigenvalue weighted by atomic mass is 10.3. The van der Waals surface area contributed by atoms with Gasteiger partial charge in [-0.2, -0.15) is 0 Å². The van der Waals surface area contributed by atoms with E-state index in [0.29, 0.717) is 12.4 Å². The molecular weight excluding hydrogens is 263 g/mol. The normalized spacial score (nSPS) is 10.3. The van der Waals surface area contributed by atoms with E-state index < -0.39 is 0 Å². The maximum atomic E-state index is 12.9. The number of hydrogen-bond donors (Lipinski definition) is 0. The summed E-state index contributed by atoms with van der Waals surface area (Å²) >= 11 is 3.30. The van der Waals surface area contributed by atoms with Crippen LogP contribution in [0.3, 0.4) is 0 Å². The Bertz CT molecular complexity index is 305. The summed E-state index contributed by atoms with van der Waals surface area (Å²) in [5, 5.41) is 0. The Morgan fingerprint density at radius 3 is 2.73 bits per heavy atom. The van der Waals surface area contributed by atoms with Crippen molar-refractivity contribution in [3.05, 3.63) is 28.5 Å². The van der Waals surface area contributed by atoms with Crippen molar-refractivity contribution < 1.29 is 13.9 Å². The van der Waals surface area contributed by atoms with Crippen LogP contribution in [0.2, 0.25) is 0 Å². The molecule has 0 saturated carbocycles. The van der Waals surface area contributed by atoms with Gasteiger partial charge in [0.05, 0.1) is 11.1 Å². The predicted molar refractivity (Wildman–Crippen MR) is 60.7 cm³/mol. The molecule has 0 spiro atoms. The topological polar surface area (TPSA) is 18.5 Å². The molecule has 0 N–H and O–H groups in total. The van der Waals surface area contributed by atoms with Gasteiger partial charge in [-0.05, 0) is 40.9 Å². The van der Waals surface area contributed by atoms with Gasteiger partial charge in [-0.3, -0.25) is 0 Å². The second kappa shape index (κ2) is 6.80. The molecule has 0 radical (unpaired) electrons. The highest BCUT2D eigenvalue weighted by atomic mass is 79.9. The SMILES string of the molecule is COCCCCOc1cc(F)ccc1Br. The lowest BCUT2D eigenvalue weighted by Crippen LogP contribution is -2.00. The Morgan fingerprint density at radius 2 is 2.00 bits per heavy atom. The van der Waals surface area contributed by atoms with Crippen LogP contribution in [0.25, 0.3) is 0 Å². The molecule has 84 valence electrons. The van der Waals surface area contributed by atoms with Gasteiger partial charge in [0.25, 0.3) is 0 Å². The molecule has 0 aliphatic heterocycles. The molecule has 2 nitrogen and oxygen atoms in total. The van der Waals surface area contributed by atoms with E-state index in [2.05, 4.69) is 15.9 Å². The first kappa shape index (κ1) is 12.5. The van der Waals surface area contributed by atoms with Gasteiger partial charge in [-0.1, -0.05) is 0 Å². The fourth-order valence-electron chi connectivity index (χ4n) is 1.12. The molecule has 4 heteroatoms. The molecule has 1 aromatic rings. The van der Waals surface area contributed by atoms with Crippen molar-refractivity contribution >= 4 is 15.9 Å². The highest BCUT2D eigenvalue weighted by Crippen LogP contribution is 2.25. The average molecular weight is 277 g/mol. The number of benzene rings is 1. The molecule has 0 atom stereocenters. The van der Waals surface area contributed by atoms with Gasteiger partial charge in [0.15, 0.2) is 0 Å². The molecule has 0 unspecified atom stereocenters. The van der Waals surface area contributed by atoms with Crippen molar-refractivity contribution in [2.75, 3.05) is 20.3 Å². The summed E-state index contributed by atoms with van der Waals surface area (Å²) in [5.41, 5.74) is 0. The van der Waals surface area contributed by atoms with Crippen molar-refractivity contribution in [2.24, 2.45) is 0 Å². The average Bonchev–Trinajstić information content (AvgIpc) is 2.23. The summed E-state index contributed by atoms with van der Waals surface area (Å²) in [5.74, 6) is 0.262.